The zero-order valence-electron chi connectivity index (χ0n) is 11.2. The lowest BCUT2D eigenvalue weighted by molar-refractivity contribution is 0.416. The van der Waals surface area contributed by atoms with E-state index < -0.39 is 0 Å². The molecule has 1 saturated carbocycles. The van der Waals surface area contributed by atoms with Crippen molar-refractivity contribution >= 4 is 0 Å². The molecule has 1 aliphatic rings. The molecule has 1 aromatic carbocycles. The van der Waals surface area contributed by atoms with Crippen molar-refractivity contribution in [1.29, 1.82) is 0 Å². The van der Waals surface area contributed by atoms with Crippen LogP contribution in [-0.4, -0.2) is 22.3 Å². The molecule has 0 aliphatic heterocycles. The van der Waals surface area contributed by atoms with Crippen LogP contribution in [0.1, 0.15) is 43.8 Å². The van der Waals surface area contributed by atoms with Crippen LogP contribution >= 0.6 is 0 Å². The summed E-state index contributed by atoms with van der Waals surface area (Å²) in [5.74, 6) is 3.13. The highest BCUT2D eigenvalue weighted by atomic mass is 16.5. The van der Waals surface area contributed by atoms with Crippen LogP contribution in [0.5, 0.6) is 5.75 Å². The van der Waals surface area contributed by atoms with E-state index in [9.17, 15) is 0 Å². The molecule has 0 radical (unpaired) electrons. The maximum Gasteiger partial charge on any atom is 0.184 e. The van der Waals surface area contributed by atoms with Crippen molar-refractivity contribution < 1.29 is 4.74 Å². The molecule has 1 fully saturated rings. The third-order valence-electron chi connectivity index (χ3n) is 3.84. The number of H-pyrrole nitrogens is 1. The van der Waals surface area contributed by atoms with Gasteiger partial charge in [-0.2, -0.15) is 5.10 Å². The van der Waals surface area contributed by atoms with Gasteiger partial charge < -0.3 is 4.74 Å². The van der Waals surface area contributed by atoms with Crippen LogP contribution in [0.3, 0.4) is 0 Å². The van der Waals surface area contributed by atoms with Gasteiger partial charge >= 0.3 is 0 Å². The highest BCUT2D eigenvalue weighted by Gasteiger charge is 2.20. The van der Waals surface area contributed by atoms with Crippen molar-refractivity contribution in [2.75, 3.05) is 7.11 Å². The maximum absolute atomic E-state index is 5.36. The lowest BCUT2D eigenvalue weighted by Gasteiger charge is -2.18. The Bertz CT molecular complexity index is 544. The Morgan fingerprint density at radius 3 is 2.74 bits per heavy atom. The summed E-state index contributed by atoms with van der Waals surface area (Å²) in [5, 5.41) is 7.46. The summed E-state index contributed by atoms with van der Waals surface area (Å²) in [4.78, 5) is 4.67. The van der Waals surface area contributed by atoms with Gasteiger partial charge in [0.15, 0.2) is 5.82 Å². The fourth-order valence-electron chi connectivity index (χ4n) is 2.78. The molecule has 1 aromatic heterocycles. The van der Waals surface area contributed by atoms with E-state index in [1.54, 1.807) is 7.11 Å². The van der Waals surface area contributed by atoms with Crippen LogP contribution in [-0.2, 0) is 0 Å². The minimum absolute atomic E-state index is 0.546. The van der Waals surface area contributed by atoms with Crippen molar-refractivity contribution in [3.63, 3.8) is 0 Å². The number of ether oxygens (including phenoxy) is 1. The largest absolute Gasteiger partial charge is 0.496 e. The fourth-order valence-corrected chi connectivity index (χ4v) is 2.78. The number of hydrogen-bond donors (Lipinski definition) is 1. The lowest BCUT2D eigenvalue weighted by atomic mass is 9.89. The van der Waals surface area contributed by atoms with E-state index in [4.69, 9.17) is 4.74 Å². The summed E-state index contributed by atoms with van der Waals surface area (Å²) in [6.07, 6.45) is 6.40. The van der Waals surface area contributed by atoms with Gasteiger partial charge in [0.1, 0.15) is 11.6 Å². The molecule has 0 unspecified atom stereocenters. The smallest absolute Gasteiger partial charge is 0.184 e. The van der Waals surface area contributed by atoms with Crippen LogP contribution in [0.25, 0.3) is 11.4 Å². The summed E-state index contributed by atoms with van der Waals surface area (Å²) in [7, 11) is 1.67. The van der Waals surface area contributed by atoms with E-state index in [0.29, 0.717) is 5.92 Å². The number of nitrogens with one attached hydrogen (secondary N) is 1. The minimum atomic E-state index is 0.546. The first-order valence-electron chi connectivity index (χ1n) is 6.94. The molecule has 0 saturated heterocycles. The molecule has 0 spiro atoms. The molecule has 4 heteroatoms. The molecule has 1 heterocycles. The van der Waals surface area contributed by atoms with Gasteiger partial charge in [-0.1, -0.05) is 31.4 Å². The number of methoxy groups -OCH3 is 1. The monoisotopic (exact) mass is 257 g/mol. The summed E-state index contributed by atoms with van der Waals surface area (Å²) in [6.45, 7) is 0. The molecule has 1 N–H and O–H groups in total. The average Bonchev–Trinajstić information content (AvgIpc) is 2.98. The molecule has 3 rings (SSSR count). The first-order valence-corrected chi connectivity index (χ1v) is 6.94. The van der Waals surface area contributed by atoms with E-state index >= 15 is 0 Å². The van der Waals surface area contributed by atoms with Crippen LogP contribution in [0.15, 0.2) is 24.3 Å². The quantitative estimate of drug-likeness (QED) is 0.915. The Labute approximate surface area is 113 Å². The van der Waals surface area contributed by atoms with Crippen molar-refractivity contribution in [2.24, 2.45) is 0 Å². The second kappa shape index (κ2) is 5.43. The third kappa shape index (κ3) is 2.48. The molecule has 100 valence electrons. The van der Waals surface area contributed by atoms with Crippen LogP contribution < -0.4 is 4.74 Å². The minimum Gasteiger partial charge on any atom is -0.496 e. The van der Waals surface area contributed by atoms with Gasteiger partial charge in [0.25, 0.3) is 0 Å². The van der Waals surface area contributed by atoms with E-state index in [-0.39, 0.29) is 0 Å². The topological polar surface area (TPSA) is 50.8 Å². The Kier molecular flexibility index (Phi) is 3.49. The normalized spacial score (nSPS) is 16.5. The molecule has 2 aromatic rings. The molecular weight excluding hydrogens is 238 g/mol. The maximum atomic E-state index is 5.36. The van der Waals surface area contributed by atoms with Crippen molar-refractivity contribution in [3.8, 4) is 17.1 Å². The first-order chi connectivity index (χ1) is 9.38. The zero-order chi connectivity index (χ0) is 13.1. The van der Waals surface area contributed by atoms with E-state index in [2.05, 4.69) is 15.2 Å². The molecular formula is C15H19N3O. The Morgan fingerprint density at radius 2 is 1.95 bits per heavy atom. The standard InChI is InChI=1S/C15H19N3O/c1-19-13-10-6-5-9-12(13)15-16-14(17-18-15)11-7-3-2-4-8-11/h5-6,9-11H,2-4,7-8H2,1H3,(H,16,17,18). The molecule has 1 aliphatic carbocycles. The number of rotatable bonds is 3. The predicted octanol–water partition coefficient (Wildman–Crippen LogP) is 3.53. The Hall–Kier alpha value is -1.84. The molecule has 19 heavy (non-hydrogen) atoms. The van der Waals surface area contributed by atoms with Crippen molar-refractivity contribution in [2.45, 2.75) is 38.0 Å². The Balaban J connectivity index is 1.88. The highest BCUT2D eigenvalue weighted by molar-refractivity contribution is 5.63. The second-order valence-electron chi connectivity index (χ2n) is 5.08. The van der Waals surface area contributed by atoms with Crippen molar-refractivity contribution in [3.05, 3.63) is 30.1 Å². The van der Waals surface area contributed by atoms with Gasteiger partial charge in [0, 0.05) is 5.92 Å². The number of benzene rings is 1. The van der Waals surface area contributed by atoms with Gasteiger partial charge in [-0.25, -0.2) is 4.98 Å². The van der Waals surface area contributed by atoms with Crippen LogP contribution in [0, 0.1) is 0 Å². The fraction of sp³-hybridized carbons (Fsp3) is 0.467. The third-order valence-corrected chi connectivity index (χ3v) is 3.84. The van der Waals surface area contributed by atoms with Gasteiger partial charge in [-0.3, -0.25) is 5.10 Å². The number of para-hydroxylation sites is 1. The van der Waals surface area contributed by atoms with E-state index in [0.717, 1.165) is 23.0 Å². The SMILES string of the molecule is COc1ccccc1-c1n[nH]c(C2CCCCC2)n1. The molecule has 0 amide bonds. The summed E-state index contributed by atoms with van der Waals surface area (Å²) in [6, 6.07) is 7.87. The Morgan fingerprint density at radius 1 is 1.16 bits per heavy atom. The number of aromatic nitrogens is 3. The van der Waals surface area contributed by atoms with E-state index in [1.165, 1.54) is 32.1 Å². The summed E-state index contributed by atoms with van der Waals surface area (Å²) in [5.41, 5.74) is 0.948. The average molecular weight is 257 g/mol. The first kappa shape index (κ1) is 12.2. The summed E-state index contributed by atoms with van der Waals surface area (Å²) < 4.78 is 5.36. The molecule has 4 nitrogen and oxygen atoms in total. The van der Waals surface area contributed by atoms with Crippen molar-refractivity contribution in [1.82, 2.24) is 15.2 Å². The van der Waals surface area contributed by atoms with Gasteiger partial charge in [-0.05, 0) is 25.0 Å². The van der Waals surface area contributed by atoms with E-state index in [1.807, 2.05) is 24.3 Å². The van der Waals surface area contributed by atoms with Gasteiger partial charge in [0.2, 0.25) is 0 Å². The second-order valence-corrected chi connectivity index (χ2v) is 5.08. The van der Waals surface area contributed by atoms with Gasteiger partial charge in [-0.15, -0.1) is 0 Å². The number of hydrogen-bond acceptors (Lipinski definition) is 3. The molecule has 0 bridgehead atoms. The number of nitrogens with zero attached hydrogens (tertiary/aromatic N) is 2. The lowest BCUT2D eigenvalue weighted by Crippen LogP contribution is -2.06. The zero-order valence-corrected chi connectivity index (χ0v) is 11.2. The highest BCUT2D eigenvalue weighted by Crippen LogP contribution is 2.32. The number of aromatic amines is 1. The predicted molar refractivity (Wildman–Crippen MR) is 74.2 cm³/mol. The van der Waals surface area contributed by atoms with Crippen LogP contribution in [0.4, 0.5) is 0 Å². The molecule has 0 atom stereocenters. The van der Waals surface area contributed by atoms with Crippen LogP contribution in [0.2, 0.25) is 0 Å². The van der Waals surface area contributed by atoms with Gasteiger partial charge in [0.05, 0.1) is 12.7 Å². The summed E-state index contributed by atoms with van der Waals surface area (Å²) >= 11 is 0.